The number of dihydropyridines is 1. The molecular weight excluding hydrogens is 371 g/mol. The van der Waals surface area contributed by atoms with E-state index in [2.05, 4.69) is 52.7 Å². The fourth-order valence-electron chi connectivity index (χ4n) is 1.87. The molecule has 0 radical (unpaired) electrons. The maximum atomic E-state index is 9.31. The SMILES string of the molecule is N#CC1=C(N)N[C@@H](S)C(C#N)=C1c1ccccc1I. The Balaban J connectivity index is 2.79. The smallest absolute Gasteiger partial charge is 0.116 e. The van der Waals surface area contributed by atoms with Crippen LogP contribution >= 0.6 is 35.2 Å². The monoisotopic (exact) mass is 380 g/mol. The molecule has 1 heterocycles. The number of hydrogen-bond acceptors (Lipinski definition) is 5. The molecule has 3 N–H and O–H groups in total. The first-order valence-corrected chi connectivity index (χ1v) is 6.93. The molecule has 1 aliphatic heterocycles. The molecule has 0 amide bonds. The van der Waals surface area contributed by atoms with Crippen molar-refractivity contribution in [1.82, 2.24) is 5.32 Å². The third-order valence-electron chi connectivity index (χ3n) is 2.73. The lowest BCUT2D eigenvalue weighted by molar-refractivity contribution is 0.809. The Morgan fingerprint density at radius 2 is 1.95 bits per heavy atom. The van der Waals surface area contributed by atoms with Crippen LogP contribution in [-0.2, 0) is 0 Å². The molecule has 1 aromatic carbocycles. The van der Waals surface area contributed by atoms with Gasteiger partial charge in [-0.3, -0.25) is 0 Å². The molecule has 2 rings (SSSR count). The fraction of sp³-hybridized carbons (Fsp3) is 0.0769. The largest absolute Gasteiger partial charge is 0.384 e. The van der Waals surface area contributed by atoms with Gasteiger partial charge < -0.3 is 11.1 Å². The number of hydrogen-bond donors (Lipinski definition) is 3. The van der Waals surface area contributed by atoms with Gasteiger partial charge in [-0.15, -0.1) is 12.6 Å². The molecule has 1 atom stereocenters. The van der Waals surface area contributed by atoms with Crippen LogP contribution in [0.3, 0.4) is 0 Å². The van der Waals surface area contributed by atoms with Crippen molar-refractivity contribution in [3.05, 3.63) is 50.4 Å². The maximum absolute atomic E-state index is 9.31. The molecule has 0 aliphatic carbocycles. The summed E-state index contributed by atoms with van der Waals surface area (Å²) < 4.78 is 0.950. The molecule has 1 aliphatic rings. The van der Waals surface area contributed by atoms with Crippen molar-refractivity contribution in [2.75, 3.05) is 0 Å². The van der Waals surface area contributed by atoms with Crippen LogP contribution < -0.4 is 11.1 Å². The molecule has 19 heavy (non-hydrogen) atoms. The van der Waals surface area contributed by atoms with Gasteiger partial charge in [0.1, 0.15) is 22.8 Å². The highest BCUT2D eigenvalue weighted by atomic mass is 127. The van der Waals surface area contributed by atoms with Crippen LogP contribution in [0.5, 0.6) is 0 Å². The normalized spacial score (nSPS) is 18.6. The number of rotatable bonds is 1. The Bertz CT molecular complexity index is 679. The number of nitrogens with two attached hydrogens (primary N) is 1. The highest BCUT2D eigenvalue weighted by molar-refractivity contribution is 14.1. The van der Waals surface area contributed by atoms with E-state index in [4.69, 9.17) is 5.73 Å². The second kappa shape index (κ2) is 5.55. The van der Waals surface area contributed by atoms with Gasteiger partial charge >= 0.3 is 0 Å². The second-order valence-electron chi connectivity index (χ2n) is 3.83. The minimum Gasteiger partial charge on any atom is -0.384 e. The average molecular weight is 380 g/mol. The van der Waals surface area contributed by atoms with Crippen LogP contribution in [0.2, 0.25) is 0 Å². The maximum Gasteiger partial charge on any atom is 0.116 e. The van der Waals surface area contributed by atoms with Crippen LogP contribution in [0.15, 0.2) is 41.2 Å². The lowest BCUT2D eigenvalue weighted by Crippen LogP contribution is -2.34. The minimum atomic E-state index is -0.506. The summed E-state index contributed by atoms with van der Waals surface area (Å²) in [6.45, 7) is 0. The van der Waals surface area contributed by atoms with Crippen molar-refractivity contribution in [2.45, 2.75) is 5.37 Å². The summed E-state index contributed by atoms with van der Waals surface area (Å²) in [5, 5.41) is 20.9. The number of benzene rings is 1. The highest BCUT2D eigenvalue weighted by Crippen LogP contribution is 2.35. The van der Waals surface area contributed by atoms with Gasteiger partial charge in [-0.1, -0.05) is 18.2 Å². The van der Waals surface area contributed by atoms with E-state index in [9.17, 15) is 10.5 Å². The van der Waals surface area contributed by atoms with Gasteiger partial charge in [-0.05, 0) is 34.2 Å². The summed E-state index contributed by atoms with van der Waals surface area (Å²) in [5.74, 6) is 0.246. The zero-order chi connectivity index (χ0) is 14.0. The molecule has 0 fully saturated rings. The molecule has 0 unspecified atom stereocenters. The van der Waals surface area contributed by atoms with Gasteiger partial charge in [0.05, 0.1) is 11.6 Å². The van der Waals surface area contributed by atoms with Crippen LogP contribution in [0.4, 0.5) is 0 Å². The Morgan fingerprint density at radius 1 is 1.26 bits per heavy atom. The Labute approximate surface area is 130 Å². The summed E-state index contributed by atoms with van der Waals surface area (Å²) in [4.78, 5) is 0. The zero-order valence-electron chi connectivity index (χ0n) is 9.68. The summed E-state index contributed by atoms with van der Waals surface area (Å²) in [7, 11) is 0. The molecule has 0 saturated carbocycles. The first-order valence-electron chi connectivity index (χ1n) is 5.34. The molecule has 0 saturated heterocycles. The molecule has 4 nitrogen and oxygen atoms in total. The quantitative estimate of drug-likeness (QED) is 0.515. The number of thiol groups is 1. The van der Waals surface area contributed by atoms with Crippen LogP contribution in [0.1, 0.15) is 5.56 Å². The summed E-state index contributed by atoms with van der Waals surface area (Å²) >= 11 is 6.47. The van der Waals surface area contributed by atoms with E-state index >= 15 is 0 Å². The number of allylic oxidation sites excluding steroid dienone is 2. The standard InChI is InChI=1S/C13H9IN4S/c14-10-4-2-1-3-7(10)11-8(5-15)12(17)18-13(19)9(11)6-16/h1-4,13,18-19H,17H2/t13-/m0/s1. The third-order valence-corrected chi connectivity index (χ3v) is 4.06. The van der Waals surface area contributed by atoms with Gasteiger partial charge in [0.15, 0.2) is 0 Å². The average Bonchev–Trinajstić information content (AvgIpc) is 2.38. The predicted octanol–water partition coefficient (Wildman–Crippen LogP) is 2.12. The number of nitrogens with zero attached hydrogens (tertiary/aromatic N) is 2. The summed E-state index contributed by atoms with van der Waals surface area (Å²) in [6, 6.07) is 11.7. The molecule has 94 valence electrons. The van der Waals surface area contributed by atoms with E-state index in [-0.39, 0.29) is 11.4 Å². The topological polar surface area (TPSA) is 85.6 Å². The van der Waals surface area contributed by atoms with Crippen molar-refractivity contribution >= 4 is 40.8 Å². The summed E-state index contributed by atoms with van der Waals surface area (Å²) in [6.07, 6.45) is 0. The molecule has 6 heteroatoms. The Morgan fingerprint density at radius 3 is 2.53 bits per heavy atom. The fourth-order valence-corrected chi connectivity index (χ4v) is 2.86. The van der Waals surface area contributed by atoms with Gasteiger partial charge in [-0.25, -0.2) is 0 Å². The van der Waals surface area contributed by atoms with Crippen molar-refractivity contribution in [1.29, 1.82) is 10.5 Å². The Hall–Kier alpha value is -1.64. The van der Waals surface area contributed by atoms with Crippen LogP contribution in [-0.4, -0.2) is 5.37 Å². The molecule has 0 spiro atoms. The van der Waals surface area contributed by atoms with Crippen molar-refractivity contribution in [3.8, 4) is 12.1 Å². The second-order valence-corrected chi connectivity index (χ2v) is 5.51. The molecular formula is C13H9IN4S. The number of nitriles is 2. The molecule has 0 bridgehead atoms. The molecule has 1 aromatic rings. The van der Waals surface area contributed by atoms with Crippen LogP contribution in [0.25, 0.3) is 5.57 Å². The van der Waals surface area contributed by atoms with Gasteiger partial charge in [-0.2, -0.15) is 10.5 Å². The van der Waals surface area contributed by atoms with E-state index in [0.717, 1.165) is 9.13 Å². The van der Waals surface area contributed by atoms with E-state index in [0.29, 0.717) is 11.1 Å². The van der Waals surface area contributed by atoms with E-state index in [1.165, 1.54) is 0 Å². The van der Waals surface area contributed by atoms with E-state index in [1.807, 2.05) is 24.3 Å². The number of halogens is 1. The highest BCUT2D eigenvalue weighted by Gasteiger charge is 2.27. The summed E-state index contributed by atoms with van der Waals surface area (Å²) in [5.41, 5.74) is 7.89. The van der Waals surface area contributed by atoms with E-state index < -0.39 is 5.37 Å². The zero-order valence-corrected chi connectivity index (χ0v) is 12.7. The predicted molar refractivity (Wildman–Crippen MR) is 84.4 cm³/mol. The first-order chi connectivity index (χ1) is 9.10. The van der Waals surface area contributed by atoms with Gasteiger partial charge in [0.25, 0.3) is 0 Å². The van der Waals surface area contributed by atoms with Crippen LogP contribution in [0, 0.1) is 26.2 Å². The van der Waals surface area contributed by atoms with E-state index in [1.54, 1.807) is 0 Å². The third kappa shape index (κ3) is 2.42. The van der Waals surface area contributed by atoms with Crippen molar-refractivity contribution < 1.29 is 0 Å². The van der Waals surface area contributed by atoms with Crippen molar-refractivity contribution in [2.24, 2.45) is 5.73 Å². The van der Waals surface area contributed by atoms with Gasteiger partial charge in [0.2, 0.25) is 0 Å². The van der Waals surface area contributed by atoms with Gasteiger partial charge in [0, 0.05) is 9.14 Å². The number of nitrogens with one attached hydrogen (secondary N) is 1. The van der Waals surface area contributed by atoms with Crippen molar-refractivity contribution in [3.63, 3.8) is 0 Å². The lowest BCUT2D eigenvalue weighted by Gasteiger charge is -2.24. The molecule has 0 aromatic heterocycles. The Kier molecular flexibility index (Phi) is 4.03. The minimum absolute atomic E-state index is 0.246. The first kappa shape index (κ1) is 13.8. The lowest BCUT2D eigenvalue weighted by atomic mass is 9.91.